The zero-order valence-electron chi connectivity index (χ0n) is 9.72. The number of hydrogen-bond donors (Lipinski definition) is 2. The third-order valence-corrected chi connectivity index (χ3v) is 2.76. The second-order valence-corrected chi connectivity index (χ2v) is 4.35. The van der Waals surface area contributed by atoms with E-state index >= 15 is 0 Å². The van der Waals surface area contributed by atoms with Gasteiger partial charge in [0, 0.05) is 35.8 Å². The quantitative estimate of drug-likeness (QED) is 0.831. The molecule has 0 bridgehead atoms. The highest BCUT2D eigenvalue weighted by Crippen LogP contribution is 2.14. The highest BCUT2D eigenvalue weighted by atomic mass is 32.1. The molecule has 0 atom stereocenters. The second kappa shape index (κ2) is 5.22. The summed E-state index contributed by atoms with van der Waals surface area (Å²) in [6.07, 6.45) is 3.49. The fraction of sp³-hybridized carbons (Fsp3) is 0.167. The SMILES string of the molecule is Cn1cc(CNC(=O)c2ccc(F)c(S)c2)cn1. The molecule has 0 fully saturated rings. The maximum Gasteiger partial charge on any atom is 0.251 e. The first-order chi connectivity index (χ1) is 8.56. The van der Waals surface area contributed by atoms with Crippen molar-refractivity contribution in [3.8, 4) is 0 Å². The molecule has 1 aromatic carbocycles. The molecule has 2 aromatic rings. The Balaban J connectivity index is 2.01. The van der Waals surface area contributed by atoms with Gasteiger partial charge in [-0.2, -0.15) is 5.10 Å². The molecule has 4 nitrogen and oxygen atoms in total. The maximum absolute atomic E-state index is 13.0. The molecule has 0 saturated heterocycles. The van der Waals surface area contributed by atoms with Crippen LogP contribution in [0, 0.1) is 5.82 Å². The van der Waals surface area contributed by atoms with E-state index in [1.165, 1.54) is 18.2 Å². The molecule has 1 heterocycles. The zero-order chi connectivity index (χ0) is 13.1. The van der Waals surface area contributed by atoms with Gasteiger partial charge in [-0.25, -0.2) is 4.39 Å². The molecular formula is C12H12FN3OS. The van der Waals surface area contributed by atoms with Crippen molar-refractivity contribution in [1.29, 1.82) is 0 Å². The summed E-state index contributed by atoms with van der Waals surface area (Å²) in [5, 5.41) is 6.72. The van der Waals surface area contributed by atoms with Crippen molar-refractivity contribution in [2.75, 3.05) is 0 Å². The van der Waals surface area contributed by atoms with Crippen molar-refractivity contribution in [2.24, 2.45) is 7.05 Å². The first kappa shape index (κ1) is 12.6. The van der Waals surface area contributed by atoms with Gasteiger partial charge in [0.05, 0.1) is 6.20 Å². The molecular weight excluding hydrogens is 253 g/mol. The van der Waals surface area contributed by atoms with Crippen LogP contribution in [0.1, 0.15) is 15.9 Å². The summed E-state index contributed by atoms with van der Waals surface area (Å²) in [6, 6.07) is 4.05. The van der Waals surface area contributed by atoms with E-state index in [-0.39, 0.29) is 10.8 Å². The van der Waals surface area contributed by atoms with Crippen molar-refractivity contribution in [3.63, 3.8) is 0 Å². The number of carbonyl (C=O) groups excluding carboxylic acids is 1. The number of rotatable bonds is 3. The molecule has 0 aliphatic rings. The molecule has 2 rings (SSSR count). The lowest BCUT2D eigenvalue weighted by Crippen LogP contribution is -2.22. The molecule has 1 amide bonds. The van der Waals surface area contributed by atoms with Crippen molar-refractivity contribution in [1.82, 2.24) is 15.1 Å². The minimum absolute atomic E-state index is 0.157. The van der Waals surface area contributed by atoms with E-state index in [4.69, 9.17) is 0 Å². The predicted molar refractivity (Wildman–Crippen MR) is 68.0 cm³/mol. The largest absolute Gasteiger partial charge is 0.348 e. The Bertz CT molecular complexity index is 582. The highest BCUT2D eigenvalue weighted by Gasteiger charge is 2.08. The Labute approximate surface area is 109 Å². The summed E-state index contributed by atoms with van der Waals surface area (Å²) in [4.78, 5) is 12.0. The van der Waals surface area contributed by atoms with E-state index in [2.05, 4.69) is 23.0 Å². The smallest absolute Gasteiger partial charge is 0.251 e. The van der Waals surface area contributed by atoms with Gasteiger partial charge in [0.15, 0.2) is 0 Å². The third kappa shape index (κ3) is 2.89. The minimum atomic E-state index is -0.442. The third-order valence-electron chi connectivity index (χ3n) is 2.42. The highest BCUT2D eigenvalue weighted by molar-refractivity contribution is 7.80. The van der Waals surface area contributed by atoms with Crippen LogP contribution < -0.4 is 5.32 Å². The molecule has 0 spiro atoms. The van der Waals surface area contributed by atoms with Crippen LogP contribution in [0.2, 0.25) is 0 Å². The first-order valence-electron chi connectivity index (χ1n) is 5.30. The fourth-order valence-corrected chi connectivity index (χ4v) is 1.72. The van der Waals surface area contributed by atoms with Crippen LogP contribution in [-0.2, 0) is 13.6 Å². The van der Waals surface area contributed by atoms with Crippen LogP contribution in [0.3, 0.4) is 0 Å². The predicted octanol–water partition coefficient (Wildman–Crippen LogP) is 1.78. The second-order valence-electron chi connectivity index (χ2n) is 3.87. The number of nitrogens with one attached hydrogen (secondary N) is 1. The van der Waals surface area contributed by atoms with Gasteiger partial charge < -0.3 is 5.32 Å². The Kier molecular flexibility index (Phi) is 3.66. The molecule has 0 saturated carbocycles. The van der Waals surface area contributed by atoms with Gasteiger partial charge in [0.1, 0.15) is 5.82 Å². The minimum Gasteiger partial charge on any atom is -0.348 e. The molecule has 0 aliphatic heterocycles. The van der Waals surface area contributed by atoms with Crippen LogP contribution in [0.15, 0.2) is 35.5 Å². The van der Waals surface area contributed by atoms with Crippen LogP contribution in [0.5, 0.6) is 0 Å². The normalized spacial score (nSPS) is 10.4. The number of aryl methyl sites for hydroxylation is 1. The molecule has 0 radical (unpaired) electrons. The number of nitrogens with zero attached hydrogens (tertiary/aromatic N) is 2. The van der Waals surface area contributed by atoms with Crippen molar-refractivity contribution in [3.05, 3.63) is 47.5 Å². The average Bonchev–Trinajstić information content (AvgIpc) is 2.75. The van der Waals surface area contributed by atoms with Crippen LogP contribution in [0.4, 0.5) is 4.39 Å². The molecule has 18 heavy (non-hydrogen) atoms. The number of hydrogen-bond acceptors (Lipinski definition) is 3. The monoisotopic (exact) mass is 265 g/mol. The Morgan fingerprint density at radius 1 is 1.56 bits per heavy atom. The van der Waals surface area contributed by atoms with Gasteiger partial charge in [-0.05, 0) is 18.2 Å². The number of halogens is 1. The van der Waals surface area contributed by atoms with Crippen LogP contribution in [-0.4, -0.2) is 15.7 Å². The molecule has 94 valence electrons. The van der Waals surface area contributed by atoms with Gasteiger partial charge in [0.2, 0.25) is 0 Å². The number of amides is 1. The van der Waals surface area contributed by atoms with E-state index < -0.39 is 5.82 Å². The van der Waals surface area contributed by atoms with Crippen LogP contribution in [0.25, 0.3) is 0 Å². The van der Waals surface area contributed by atoms with E-state index in [9.17, 15) is 9.18 Å². The summed E-state index contributed by atoms with van der Waals surface area (Å²) in [5.74, 6) is -0.712. The number of thiol groups is 1. The Morgan fingerprint density at radius 2 is 2.33 bits per heavy atom. The number of aromatic nitrogens is 2. The van der Waals surface area contributed by atoms with Crippen molar-refractivity contribution < 1.29 is 9.18 Å². The zero-order valence-corrected chi connectivity index (χ0v) is 10.6. The van der Waals surface area contributed by atoms with E-state index in [0.717, 1.165) is 5.56 Å². The van der Waals surface area contributed by atoms with E-state index in [0.29, 0.717) is 12.1 Å². The topological polar surface area (TPSA) is 46.9 Å². The standard InChI is InChI=1S/C12H12FN3OS/c1-16-7-8(6-15-16)5-14-12(17)9-2-3-10(13)11(18)4-9/h2-4,6-7,18H,5H2,1H3,(H,14,17). The lowest BCUT2D eigenvalue weighted by Gasteiger charge is -2.04. The van der Waals surface area contributed by atoms with Gasteiger partial charge in [0.25, 0.3) is 5.91 Å². The summed E-state index contributed by atoms with van der Waals surface area (Å²) in [5.41, 5.74) is 1.28. The van der Waals surface area contributed by atoms with Crippen molar-refractivity contribution >= 4 is 18.5 Å². The van der Waals surface area contributed by atoms with E-state index in [1.807, 2.05) is 6.20 Å². The van der Waals surface area contributed by atoms with Crippen LogP contribution >= 0.6 is 12.6 Å². The Morgan fingerprint density at radius 3 is 2.94 bits per heavy atom. The van der Waals surface area contributed by atoms with Gasteiger partial charge in [-0.15, -0.1) is 12.6 Å². The molecule has 0 aliphatic carbocycles. The summed E-state index contributed by atoms with van der Waals surface area (Å²) >= 11 is 3.94. The fourth-order valence-electron chi connectivity index (χ4n) is 1.50. The van der Waals surface area contributed by atoms with E-state index in [1.54, 1.807) is 17.9 Å². The molecule has 1 N–H and O–H groups in total. The number of carbonyl (C=O) groups is 1. The maximum atomic E-state index is 13.0. The average molecular weight is 265 g/mol. The molecule has 0 unspecified atom stereocenters. The Hall–Kier alpha value is -1.82. The number of benzene rings is 1. The summed E-state index contributed by atoms with van der Waals surface area (Å²) < 4.78 is 14.7. The lowest BCUT2D eigenvalue weighted by molar-refractivity contribution is 0.0950. The first-order valence-corrected chi connectivity index (χ1v) is 5.75. The summed E-state index contributed by atoms with van der Waals surface area (Å²) in [6.45, 7) is 0.381. The molecule has 6 heteroatoms. The lowest BCUT2D eigenvalue weighted by atomic mass is 10.2. The van der Waals surface area contributed by atoms with Gasteiger partial charge in [-0.1, -0.05) is 0 Å². The van der Waals surface area contributed by atoms with Gasteiger partial charge >= 0.3 is 0 Å². The van der Waals surface area contributed by atoms with Crippen molar-refractivity contribution in [2.45, 2.75) is 11.4 Å². The van der Waals surface area contributed by atoms with Gasteiger partial charge in [-0.3, -0.25) is 9.48 Å². The summed E-state index contributed by atoms with van der Waals surface area (Å²) in [7, 11) is 1.80. The molecule has 1 aromatic heterocycles.